The average Bonchev–Trinajstić information content (AvgIpc) is 3.44. The molecule has 1 aromatic heterocycles. The zero-order valence-electron chi connectivity index (χ0n) is 16.2. The number of aromatic amines is 1. The largest absolute Gasteiger partial charge is 0.383 e. The smallest absolute Gasteiger partial charge is 0.191 e. The molecule has 1 aliphatic rings. The first-order chi connectivity index (χ1) is 13.2. The molecule has 1 heterocycles. The number of fused-ring (bicyclic) bond motifs is 1. The molecule has 2 aromatic rings. The van der Waals surface area contributed by atoms with E-state index in [9.17, 15) is 4.39 Å². The van der Waals surface area contributed by atoms with Crippen molar-refractivity contribution in [3.8, 4) is 0 Å². The zero-order valence-corrected chi connectivity index (χ0v) is 16.2. The van der Waals surface area contributed by atoms with Crippen LogP contribution in [0.15, 0.2) is 29.4 Å². The molecule has 0 saturated heterocycles. The van der Waals surface area contributed by atoms with Crippen molar-refractivity contribution in [1.29, 1.82) is 0 Å². The molecule has 7 heteroatoms. The lowest BCUT2D eigenvalue weighted by atomic mass is 10.1. The number of methoxy groups -OCH3 is 1. The van der Waals surface area contributed by atoms with Crippen molar-refractivity contribution >= 4 is 16.9 Å². The molecule has 148 valence electrons. The van der Waals surface area contributed by atoms with Crippen LogP contribution in [0.25, 0.3) is 10.9 Å². The Morgan fingerprint density at radius 1 is 1.30 bits per heavy atom. The number of nitrogens with zero attached hydrogens (tertiary/aromatic N) is 2. The topological polar surface area (TPSA) is 64.7 Å². The van der Waals surface area contributed by atoms with Gasteiger partial charge in [-0.1, -0.05) is 0 Å². The summed E-state index contributed by atoms with van der Waals surface area (Å²) in [4.78, 5) is 9.95. The van der Waals surface area contributed by atoms with E-state index in [1.54, 1.807) is 26.3 Å². The molecule has 1 fully saturated rings. The normalized spacial score (nSPS) is 14.9. The summed E-state index contributed by atoms with van der Waals surface area (Å²) in [6, 6.07) is 5.56. The second-order valence-electron chi connectivity index (χ2n) is 6.94. The van der Waals surface area contributed by atoms with Crippen molar-refractivity contribution in [3.05, 3.63) is 35.8 Å². The third-order valence-electron chi connectivity index (χ3n) is 4.98. The fraction of sp³-hybridized carbons (Fsp3) is 0.550. The Balaban J connectivity index is 1.41. The lowest BCUT2D eigenvalue weighted by Crippen LogP contribution is -2.43. The molecule has 0 aliphatic heterocycles. The molecule has 0 bridgehead atoms. The van der Waals surface area contributed by atoms with Crippen molar-refractivity contribution in [3.63, 3.8) is 0 Å². The fourth-order valence-corrected chi connectivity index (χ4v) is 3.34. The molecular weight excluding hydrogens is 345 g/mol. The lowest BCUT2D eigenvalue weighted by molar-refractivity contribution is 0.144. The highest BCUT2D eigenvalue weighted by Gasteiger charge is 2.28. The van der Waals surface area contributed by atoms with Gasteiger partial charge in [-0.2, -0.15) is 0 Å². The number of rotatable bonds is 10. The molecule has 0 radical (unpaired) electrons. The van der Waals surface area contributed by atoms with Gasteiger partial charge in [0.2, 0.25) is 0 Å². The Morgan fingerprint density at radius 3 is 2.85 bits per heavy atom. The molecule has 1 saturated carbocycles. The molecule has 3 rings (SSSR count). The molecule has 0 unspecified atom stereocenters. The van der Waals surface area contributed by atoms with E-state index in [2.05, 4.69) is 25.5 Å². The second kappa shape index (κ2) is 9.71. The summed E-state index contributed by atoms with van der Waals surface area (Å²) in [5.41, 5.74) is 2.07. The Bertz CT molecular complexity index is 756. The van der Waals surface area contributed by atoms with Gasteiger partial charge in [0.25, 0.3) is 0 Å². The van der Waals surface area contributed by atoms with E-state index in [4.69, 9.17) is 4.74 Å². The number of aromatic nitrogens is 1. The van der Waals surface area contributed by atoms with Crippen LogP contribution in [-0.4, -0.2) is 68.8 Å². The van der Waals surface area contributed by atoms with E-state index in [1.807, 2.05) is 6.20 Å². The predicted molar refractivity (Wildman–Crippen MR) is 108 cm³/mol. The number of aliphatic imine (C=N–C) groups is 1. The third kappa shape index (κ3) is 5.68. The number of ether oxygens (including phenoxy) is 1. The minimum Gasteiger partial charge on any atom is -0.383 e. The predicted octanol–water partition coefficient (Wildman–Crippen LogP) is 2.13. The second-order valence-corrected chi connectivity index (χ2v) is 6.94. The van der Waals surface area contributed by atoms with Crippen LogP contribution in [0.4, 0.5) is 4.39 Å². The van der Waals surface area contributed by atoms with E-state index in [1.165, 1.54) is 18.9 Å². The van der Waals surface area contributed by atoms with Crippen molar-refractivity contribution in [1.82, 2.24) is 20.5 Å². The van der Waals surface area contributed by atoms with Gasteiger partial charge < -0.3 is 20.4 Å². The van der Waals surface area contributed by atoms with Crippen LogP contribution in [0.1, 0.15) is 18.4 Å². The highest BCUT2D eigenvalue weighted by atomic mass is 19.1. The van der Waals surface area contributed by atoms with Crippen LogP contribution in [0.2, 0.25) is 0 Å². The van der Waals surface area contributed by atoms with Gasteiger partial charge in [-0.25, -0.2) is 4.39 Å². The Hall–Kier alpha value is -2.12. The van der Waals surface area contributed by atoms with Gasteiger partial charge in [0.1, 0.15) is 5.82 Å². The number of benzene rings is 1. The summed E-state index contributed by atoms with van der Waals surface area (Å²) < 4.78 is 18.7. The van der Waals surface area contributed by atoms with Gasteiger partial charge in [-0.05, 0) is 43.0 Å². The van der Waals surface area contributed by atoms with Crippen molar-refractivity contribution in [2.45, 2.75) is 25.3 Å². The summed E-state index contributed by atoms with van der Waals surface area (Å²) >= 11 is 0. The van der Waals surface area contributed by atoms with Crippen LogP contribution in [-0.2, 0) is 11.2 Å². The van der Waals surface area contributed by atoms with E-state index >= 15 is 0 Å². The summed E-state index contributed by atoms with van der Waals surface area (Å²) in [6.07, 6.45) is 5.33. The van der Waals surface area contributed by atoms with E-state index in [-0.39, 0.29) is 5.82 Å². The van der Waals surface area contributed by atoms with Gasteiger partial charge in [0.05, 0.1) is 6.61 Å². The maximum Gasteiger partial charge on any atom is 0.191 e. The molecule has 1 aliphatic carbocycles. The quantitative estimate of drug-likeness (QED) is 0.440. The third-order valence-corrected chi connectivity index (χ3v) is 4.98. The highest BCUT2D eigenvalue weighted by molar-refractivity contribution is 5.83. The Morgan fingerprint density at radius 2 is 2.11 bits per heavy atom. The van der Waals surface area contributed by atoms with Crippen LogP contribution in [0.3, 0.4) is 0 Å². The fourth-order valence-electron chi connectivity index (χ4n) is 3.34. The monoisotopic (exact) mass is 375 g/mol. The van der Waals surface area contributed by atoms with Crippen LogP contribution >= 0.6 is 0 Å². The molecule has 0 amide bonds. The highest BCUT2D eigenvalue weighted by Crippen LogP contribution is 2.26. The van der Waals surface area contributed by atoms with Gasteiger partial charge in [0, 0.05) is 63.5 Å². The first kappa shape index (κ1) is 19.6. The van der Waals surface area contributed by atoms with E-state index in [0.717, 1.165) is 67.7 Å². The molecule has 1 aromatic carbocycles. The Kier molecular flexibility index (Phi) is 7.06. The van der Waals surface area contributed by atoms with Gasteiger partial charge in [0.15, 0.2) is 5.96 Å². The first-order valence-corrected chi connectivity index (χ1v) is 9.64. The number of guanidine groups is 1. The van der Waals surface area contributed by atoms with E-state index in [0.29, 0.717) is 0 Å². The summed E-state index contributed by atoms with van der Waals surface area (Å²) in [5, 5.41) is 7.65. The number of hydrogen-bond acceptors (Lipinski definition) is 3. The van der Waals surface area contributed by atoms with Crippen molar-refractivity contribution in [2.75, 3.05) is 46.9 Å². The number of hydrogen-bond donors (Lipinski definition) is 3. The Labute approximate surface area is 160 Å². The van der Waals surface area contributed by atoms with Crippen molar-refractivity contribution < 1.29 is 9.13 Å². The summed E-state index contributed by atoms with van der Waals surface area (Å²) in [5.74, 6) is 0.589. The first-order valence-electron chi connectivity index (χ1n) is 9.64. The lowest BCUT2D eigenvalue weighted by Gasteiger charge is -2.22. The molecule has 0 spiro atoms. The number of H-pyrrole nitrogens is 1. The molecule has 6 nitrogen and oxygen atoms in total. The van der Waals surface area contributed by atoms with Crippen LogP contribution < -0.4 is 10.6 Å². The molecule has 3 N–H and O–H groups in total. The summed E-state index contributed by atoms with van der Waals surface area (Å²) in [6.45, 7) is 4.31. The van der Waals surface area contributed by atoms with Gasteiger partial charge >= 0.3 is 0 Å². The van der Waals surface area contributed by atoms with Crippen molar-refractivity contribution in [2.24, 2.45) is 4.99 Å². The van der Waals surface area contributed by atoms with Gasteiger partial charge in [-0.15, -0.1) is 0 Å². The van der Waals surface area contributed by atoms with E-state index < -0.39 is 0 Å². The number of halogens is 1. The maximum absolute atomic E-state index is 13.5. The minimum absolute atomic E-state index is 0.206. The molecular formula is C20H30FN5O. The van der Waals surface area contributed by atoms with Crippen LogP contribution in [0.5, 0.6) is 0 Å². The SMILES string of the molecule is CN=C(NCCc1c[nH]c2ccc(F)cc12)NCCN(CCOC)C1CC1. The zero-order chi connectivity index (χ0) is 19.1. The molecule has 0 atom stereocenters. The number of nitrogens with one attached hydrogen (secondary N) is 3. The van der Waals surface area contributed by atoms with Gasteiger partial charge in [-0.3, -0.25) is 9.89 Å². The average molecular weight is 375 g/mol. The molecule has 27 heavy (non-hydrogen) atoms. The minimum atomic E-state index is -0.206. The summed E-state index contributed by atoms with van der Waals surface area (Å²) in [7, 11) is 3.52. The standard InChI is InChI=1S/C20H30FN5O/c1-22-20(24-9-10-26(11-12-27-2)17-4-5-17)23-8-7-15-14-25-19-6-3-16(21)13-18(15)19/h3,6,13-14,17,25H,4-5,7-12H2,1-2H3,(H2,22,23,24). The maximum atomic E-state index is 13.5. The van der Waals surface area contributed by atoms with Crippen LogP contribution in [0, 0.1) is 5.82 Å².